The second-order valence-electron chi connectivity index (χ2n) is 4.64. The monoisotopic (exact) mass is 287 g/mol. The third-order valence-corrected chi connectivity index (χ3v) is 3.06. The van der Waals surface area contributed by atoms with Crippen molar-refractivity contribution in [1.29, 1.82) is 0 Å². The first kappa shape index (κ1) is 15.2. The van der Waals surface area contributed by atoms with Crippen molar-refractivity contribution in [2.75, 3.05) is 6.61 Å². The summed E-state index contributed by atoms with van der Waals surface area (Å²) in [6, 6.07) is 13.4. The largest absolute Gasteiger partial charge is 0.377 e. The van der Waals surface area contributed by atoms with Gasteiger partial charge in [-0.25, -0.2) is 4.39 Å². The Morgan fingerprint density at radius 1 is 1.05 bits per heavy atom. The third-order valence-electron chi connectivity index (χ3n) is 3.06. The fourth-order valence-electron chi connectivity index (χ4n) is 1.86. The first-order valence-corrected chi connectivity index (χ1v) is 6.88. The summed E-state index contributed by atoms with van der Waals surface area (Å²) in [5.74, 6) is -0.565. The fraction of sp³-hybridized carbons (Fsp3) is 0.235. The standard InChI is InChI=1S/C17H18FNO2/c1-2-21-12-14-5-3-13(4-6-14)11-19-17(20)15-7-9-16(18)10-8-15/h3-10H,2,11-12H2,1H3,(H,19,20). The molecule has 0 saturated heterocycles. The lowest BCUT2D eigenvalue weighted by Crippen LogP contribution is -2.22. The van der Waals surface area contributed by atoms with E-state index in [1.54, 1.807) is 0 Å². The van der Waals surface area contributed by atoms with Crippen molar-refractivity contribution in [1.82, 2.24) is 5.32 Å². The number of nitrogens with one attached hydrogen (secondary N) is 1. The van der Waals surface area contributed by atoms with Gasteiger partial charge in [0.05, 0.1) is 6.61 Å². The second-order valence-corrected chi connectivity index (χ2v) is 4.64. The molecular formula is C17H18FNO2. The van der Waals surface area contributed by atoms with Crippen LogP contribution in [0.25, 0.3) is 0 Å². The van der Waals surface area contributed by atoms with Crippen molar-refractivity contribution in [3.8, 4) is 0 Å². The first-order valence-electron chi connectivity index (χ1n) is 6.88. The topological polar surface area (TPSA) is 38.3 Å². The van der Waals surface area contributed by atoms with Gasteiger partial charge in [0.25, 0.3) is 5.91 Å². The average molecular weight is 287 g/mol. The smallest absolute Gasteiger partial charge is 0.251 e. The number of amides is 1. The number of hydrogen-bond acceptors (Lipinski definition) is 2. The SMILES string of the molecule is CCOCc1ccc(CNC(=O)c2ccc(F)cc2)cc1. The molecule has 110 valence electrons. The van der Waals surface area contributed by atoms with Gasteiger partial charge in [-0.2, -0.15) is 0 Å². The zero-order valence-corrected chi connectivity index (χ0v) is 11.9. The molecule has 2 rings (SSSR count). The molecule has 0 radical (unpaired) electrons. The average Bonchev–Trinajstić information content (AvgIpc) is 2.52. The van der Waals surface area contributed by atoms with Crippen LogP contribution in [-0.2, 0) is 17.9 Å². The van der Waals surface area contributed by atoms with E-state index in [1.165, 1.54) is 24.3 Å². The molecule has 3 nitrogen and oxygen atoms in total. The lowest BCUT2D eigenvalue weighted by molar-refractivity contribution is 0.0951. The van der Waals surface area contributed by atoms with E-state index in [-0.39, 0.29) is 11.7 Å². The molecule has 0 unspecified atom stereocenters. The minimum Gasteiger partial charge on any atom is -0.377 e. The maximum Gasteiger partial charge on any atom is 0.251 e. The minimum atomic E-state index is -0.351. The zero-order valence-electron chi connectivity index (χ0n) is 11.9. The molecule has 0 aliphatic carbocycles. The van der Waals surface area contributed by atoms with Gasteiger partial charge in [0.2, 0.25) is 0 Å². The van der Waals surface area contributed by atoms with Crippen molar-refractivity contribution >= 4 is 5.91 Å². The van der Waals surface area contributed by atoms with Crippen LogP contribution in [0.4, 0.5) is 4.39 Å². The molecule has 1 N–H and O–H groups in total. The van der Waals surface area contributed by atoms with E-state index in [1.807, 2.05) is 31.2 Å². The Labute approximate surface area is 123 Å². The van der Waals surface area contributed by atoms with E-state index < -0.39 is 0 Å². The lowest BCUT2D eigenvalue weighted by Gasteiger charge is -2.07. The number of halogens is 1. The molecule has 0 aromatic heterocycles. The van der Waals surface area contributed by atoms with Crippen LogP contribution in [0, 0.1) is 5.82 Å². The van der Waals surface area contributed by atoms with Crippen LogP contribution in [0.2, 0.25) is 0 Å². The van der Waals surface area contributed by atoms with Crippen molar-refractivity contribution in [3.63, 3.8) is 0 Å². The van der Waals surface area contributed by atoms with Gasteiger partial charge in [0, 0.05) is 18.7 Å². The van der Waals surface area contributed by atoms with E-state index in [0.717, 1.165) is 11.1 Å². The van der Waals surface area contributed by atoms with Crippen LogP contribution in [0.1, 0.15) is 28.4 Å². The summed E-state index contributed by atoms with van der Waals surface area (Å²) in [6.45, 7) is 3.68. The maximum absolute atomic E-state index is 12.8. The molecule has 0 saturated carbocycles. The molecule has 0 bridgehead atoms. The van der Waals surface area contributed by atoms with Crippen LogP contribution < -0.4 is 5.32 Å². The van der Waals surface area contributed by atoms with Crippen LogP contribution in [0.3, 0.4) is 0 Å². The number of ether oxygens (including phenoxy) is 1. The summed E-state index contributed by atoms with van der Waals surface area (Å²) in [6.07, 6.45) is 0. The molecule has 0 heterocycles. The van der Waals surface area contributed by atoms with E-state index in [4.69, 9.17) is 4.74 Å². The predicted molar refractivity (Wildman–Crippen MR) is 79.3 cm³/mol. The molecule has 1 amide bonds. The molecular weight excluding hydrogens is 269 g/mol. The Hall–Kier alpha value is -2.20. The molecule has 0 aliphatic rings. The van der Waals surface area contributed by atoms with Crippen LogP contribution in [0.5, 0.6) is 0 Å². The summed E-state index contributed by atoms with van der Waals surface area (Å²) in [5, 5.41) is 2.80. The molecule has 21 heavy (non-hydrogen) atoms. The summed E-state index contributed by atoms with van der Waals surface area (Å²) in [4.78, 5) is 11.9. The van der Waals surface area contributed by atoms with Gasteiger partial charge < -0.3 is 10.1 Å². The first-order chi connectivity index (χ1) is 10.2. The van der Waals surface area contributed by atoms with Crippen LogP contribution >= 0.6 is 0 Å². The highest BCUT2D eigenvalue weighted by atomic mass is 19.1. The number of carbonyl (C=O) groups is 1. The summed E-state index contributed by atoms with van der Waals surface area (Å²) in [5.41, 5.74) is 2.56. The third kappa shape index (κ3) is 4.68. The highest BCUT2D eigenvalue weighted by Crippen LogP contribution is 2.07. The Balaban J connectivity index is 1.87. The second kappa shape index (κ2) is 7.55. The number of rotatable bonds is 6. The summed E-state index contributed by atoms with van der Waals surface area (Å²) < 4.78 is 18.1. The Morgan fingerprint density at radius 2 is 1.67 bits per heavy atom. The number of benzene rings is 2. The van der Waals surface area contributed by atoms with Gasteiger partial charge in [-0.05, 0) is 42.3 Å². The molecule has 0 fully saturated rings. The van der Waals surface area contributed by atoms with Gasteiger partial charge in [0.1, 0.15) is 5.82 Å². The summed E-state index contributed by atoms with van der Waals surface area (Å²) >= 11 is 0. The Kier molecular flexibility index (Phi) is 5.46. The van der Waals surface area contributed by atoms with Gasteiger partial charge in [-0.15, -0.1) is 0 Å². The van der Waals surface area contributed by atoms with Gasteiger partial charge >= 0.3 is 0 Å². The number of carbonyl (C=O) groups excluding carboxylic acids is 1. The predicted octanol–water partition coefficient (Wildman–Crippen LogP) is 3.29. The lowest BCUT2D eigenvalue weighted by atomic mass is 10.1. The molecule has 0 aliphatic heterocycles. The molecule has 0 atom stereocenters. The molecule has 0 spiro atoms. The highest BCUT2D eigenvalue weighted by Gasteiger charge is 2.05. The van der Waals surface area contributed by atoms with Gasteiger partial charge in [-0.3, -0.25) is 4.79 Å². The maximum atomic E-state index is 12.8. The Bertz CT molecular complexity index is 579. The summed E-state index contributed by atoms with van der Waals surface area (Å²) in [7, 11) is 0. The molecule has 4 heteroatoms. The van der Waals surface area contributed by atoms with Crippen molar-refractivity contribution < 1.29 is 13.9 Å². The van der Waals surface area contributed by atoms with E-state index in [0.29, 0.717) is 25.3 Å². The molecule has 2 aromatic carbocycles. The van der Waals surface area contributed by atoms with Crippen LogP contribution in [-0.4, -0.2) is 12.5 Å². The normalized spacial score (nSPS) is 10.4. The fourth-order valence-corrected chi connectivity index (χ4v) is 1.86. The highest BCUT2D eigenvalue weighted by molar-refractivity contribution is 5.94. The Morgan fingerprint density at radius 3 is 2.29 bits per heavy atom. The van der Waals surface area contributed by atoms with E-state index in [2.05, 4.69) is 5.32 Å². The van der Waals surface area contributed by atoms with Crippen molar-refractivity contribution in [3.05, 3.63) is 71.0 Å². The zero-order chi connectivity index (χ0) is 15.1. The van der Waals surface area contributed by atoms with E-state index >= 15 is 0 Å². The number of hydrogen-bond donors (Lipinski definition) is 1. The van der Waals surface area contributed by atoms with Crippen molar-refractivity contribution in [2.24, 2.45) is 0 Å². The van der Waals surface area contributed by atoms with Crippen LogP contribution in [0.15, 0.2) is 48.5 Å². The van der Waals surface area contributed by atoms with Gasteiger partial charge in [-0.1, -0.05) is 24.3 Å². The quantitative estimate of drug-likeness (QED) is 0.885. The van der Waals surface area contributed by atoms with Gasteiger partial charge in [0.15, 0.2) is 0 Å². The minimum absolute atomic E-state index is 0.214. The van der Waals surface area contributed by atoms with E-state index in [9.17, 15) is 9.18 Å². The molecule has 2 aromatic rings. The van der Waals surface area contributed by atoms with Crippen molar-refractivity contribution in [2.45, 2.75) is 20.1 Å².